The Kier molecular flexibility index (Phi) is 3.55. The lowest BCUT2D eigenvalue weighted by Gasteiger charge is -2.30. The molecule has 1 aromatic heterocycles. The molecule has 112 valence electrons. The summed E-state index contributed by atoms with van der Waals surface area (Å²) in [4.78, 5) is 27.2. The molecule has 2 amide bonds. The van der Waals surface area contributed by atoms with E-state index in [1.165, 1.54) is 16.1 Å². The maximum Gasteiger partial charge on any atom is 0.271 e. The molecule has 1 aliphatic rings. The van der Waals surface area contributed by atoms with Gasteiger partial charge in [0.2, 0.25) is 5.91 Å². The maximum absolute atomic E-state index is 12.4. The van der Waals surface area contributed by atoms with Crippen LogP contribution in [0.5, 0.6) is 0 Å². The van der Waals surface area contributed by atoms with Gasteiger partial charge in [0.25, 0.3) is 5.91 Å². The summed E-state index contributed by atoms with van der Waals surface area (Å²) in [6.45, 7) is 0.0917. The van der Waals surface area contributed by atoms with E-state index >= 15 is 0 Å². The largest absolute Gasteiger partial charge is 0.464 e. The Bertz CT molecular complexity index is 836. The molecule has 1 aliphatic heterocycles. The Hall–Kier alpha value is -2.82. The van der Waals surface area contributed by atoms with Gasteiger partial charge < -0.3 is 14.2 Å². The van der Waals surface area contributed by atoms with Crippen molar-refractivity contribution in [2.45, 2.75) is 0 Å². The molecule has 3 rings (SSSR count). The average molecular weight is 296 g/mol. The highest BCUT2D eigenvalue weighted by atomic mass is 16.3. The van der Waals surface area contributed by atoms with Crippen molar-refractivity contribution in [2.24, 2.45) is 0 Å². The maximum atomic E-state index is 12.4. The summed E-state index contributed by atoms with van der Waals surface area (Å²) in [5.74, 6) is -0.310. The zero-order valence-electron chi connectivity index (χ0n) is 12.4. The predicted octanol–water partition coefficient (Wildman–Crippen LogP) is 0.147. The summed E-state index contributed by atoms with van der Waals surface area (Å²) in [6, 6.07) is 11.4. The fraction of sp³-hybridized carbons (Fsp3) is 0.176. The fourth-order valence-electron chi connectivity index (χ4n) is 2.45. The molecule has 1 fully saturated rings. The number of piperazine rings is 1. The minimum atomic E-state index is -0.189. The van der Waals surface area contributed by atoms with Crippen LogP contribution in [0, 0.1) is 0 Å². The first-order chi connectivity index (χ1) is 10.6. The molecule has 2 heterocycles. The summed E-state index contributed by atoms with van der Waals surface area (Å²) in [5, 5.41) is 0.622. The van der Waals surface area contributed by atoms with Crippen molar-refractivity contribution in [1.29, 1.82) is 0 Å². The highest BCUT2D eigenvalue weighted by Gasteiger charge is 2.31. The number of hydrogen-bond donors (Lipinski definition) is 0. The minimum Gasteiger partial charge on any atom is -0.464 e. The van der Waals surface area contributed by atoms with Crippen LogP contribution in [0.4, 0.5) is 0 Å². The number of hydrogen-bond acceptors (Lipinski definition) is 3. The van der Waals surface area contributed by atoms with Gasteiger partial charge in [-0.15, -0.1) is 0 Å². The second-order valence-electron chi connectivity index (χ2n) is 5.22. The third-order valence-electron chi connectivity index (χ3n) is 3.68. The van der Waals surface area contributed by atoms with Gasteiger partial charge in [0.1, 0.15) is 17.7 Å². The van der Waals surface area contributed by atoms with E-state index in [0.717, 1.165) is 5.56 Å². The van der Waals surface area contributed by atoms with Crippen LogP contribution in [0.25, 0.3) is 11.8 Å². The molecular formula is C17H16N2O3. The minimum absolute atomic E-state index is 0.0917. The topological polar surface area (TPSA) is 53.8 Å². The summed E-state index contributed by atoms with van der Waals surface area (Å²) in [5.41, 5.74) is 1.86. The average Bonchev–Trinajstić information content (AvgIpc) is 2.95. The summed E-state index contributed by atoms with van der Waals surface area (Å²) in [7, 11) is 3.23. The van der Waals surface area contributed by atoms with Gasteiger partial charge in [-0.2, -0.15) is 0 Å². The van der Waals surface area contributed by atoms with Crippen LogP contribution in [-0.4, -0.2) is 42.3 Å². The van der Waals surface area contributed by atoms with Crippen LogP contribution < -0.4 is 10.6 Å². The third-order valence-corrected chi connectivity index (χ3v) is 3.68. The molecule has 0 N–H and O–H groups in total. The second kappa shape index (κ2) is 5.52. The van der Waals surface area contributed by atoms with Gasteiger partial charge in [-0.1, -0.05) is 30.3 Å². The number of likely N-dealkylation sites (N-methyl/N-ethyl adjacent to an activating group) is 2. The standard InChI is InChI=1S/C17H16N2O3/c1-18-11-15(20)19(2)16(17(18)21)13-8-9-22-14(13)10-12-6-4-3-5-7-12/h3-10H,11H2,1-2H3. The van der Waals surface area contributed by atoms with Crippen molar-refractivity contribution < 1.29 is 14.0 Å². The molecule has 0 radical (unpaired) electrons. The highest BCUT2D eigenvalue weighted by molar-refractivity contribution is 6.19. The number of furan rings is 1. The molecule has 0 aliphatic carbocycles. The van der Waals surface area contributed by atoms with E-state index in [-0.39, 0.29) is 18.4 Å². The van der Waals surface area contributed by atoms with Crippen LogP contribution in [0.2, 0.25) is 0 Å². The van der Waals surface area contributed by atoms with E-state index in [2.05, 4.69) is 0 Å². The number of rotatable bonds is 1. The third kappa shape index (κ3) is 2.41. The molecule has 0 bridgehead atoms. The Morgan fingerprint density at radius 3 is 2.55 bits per heavy atom. The van der Waals surface area contributed by atoms with Gasteiger partial charge in [-0.25, -0.2) is 0 Å². The van der Waals surface area contributed by atoms with Crippen molar-refractivity contribution in [2.75, 3.05) is 20.6 Å². The molecule has 5 heteroatoms. The van der Waals surface area contributed by atoms with E-state index < -0.39 is 0 Å². The first-order valence-electron chi connectivity index (χ1n) is 6.94. The van der Waals surface area contributed by atoms with Crippen molar-refractivity contribution in [3.8, 4) is 0 Å². The highest BCUT2D eigenvalue weighted by Crippen LogP contribution is 2.12. The van der Waals surface area contributed by atoms with Crippen LogP contribution in [0.3, 0.4) is 0 Å². The molecule has 22 heavy (non-hydrogen) atoms. The normalized spacial score (nSPS) is 19.1. The van der Waals surface area contributed by atoms with Crippen LogP contribution in [-0.2, 0) is 9.59 Å². The van der Waals surface area contributed by atoms with Crippen LogP contribution >= 0.6 is 0 Å². The van der Waals surface area contributed by atoms with Crippen LogP contribution in [0.15, 0.2) is 47.1 Å². The Morgan fingerprint density at radius 1 is 1.09 bits per heavy atom. The van der Waals surface area contributed by atoms with Gasteiger partial charge in [0, 0.05) is 19.3 Å². The number of amides is 2. The molecule has 0 atom stereocenters. The van der Waals surface area contributed by atoms with E-state index in [1.807, 2.05) is 36.4 Å². The lowest BCUT2D eigenvalue weighted by Crippen LogP contribution is -2.51. The second-order valence-corrected chi connectivity index (χ2v) is 5.22. The van der Waals surface area contributed by atoms with Crippen molar-refractivity contribution in [3.05, 3.63) is 58.9 Å². The molecule has 1 saturated heterocycles. The van der Waals surface area contributed by atoms with Gasteiger partial charge in [0.15, 0.2) is 0 Å². The SMILES string of the molecule is CN1CC(=O)N(C)C(=c2ccoc2=Cc2ccccc2)C1=O. The van der Waals surface area contributed by atoms with Crippen molar-refractivity contribution in [3.63, 3.8) is 0 Å². The number of nitrogens with zero attached hydrogens (tertiary/aromatic N) is 2. The lowest BCUT2D eigenvalue weighted by atomic mass is 10.1. The number of carbonyl (C=O) groups excluding carboxylic acids is 2. The Morgan fingerprint density at radius 2 is 1.82 bits per heavy atom. The van der Waals surface area contributed by atoms with Gasteiger partial charge >= 0.3 is 0 Å². The number of benzene rings is 1. The zero-order chi connectivity index (χ0) is 15.7. The summed E-state index contributed by atoms with van der Waals surface area (Å²) < 4.78 is 5.50. The molecule has 0 saturated carbocycles. The van der Waals surface area contributed by atoms with Gasteiger partial charge in [-0.3, -0.25) is 9.59 Å². The monoisotopic (exact) mass is 296 g/mol. The first kappa shape index (κ1) is 14.1. The van der Waals surface area contributed by atoms with E-state index in [9.17, 15) is 9.59 Å². The van der Waals surface area contributed by atoms with Crippen molar-refractivity contribution >= 4 is 23.6 Å². The number of carbonyl (C=O) groups is 2. The van der Waals surface area contributed by atoms with E-state index in [4.69, 9.17) is 4.42 Å². The molecular weight excluding hydrogens is 280 g/mol. The molecule has 1 aromatic carbocycles. The smallest absolute Gasteiger partial charge is 0.271 e. The molecule has 0 spiro atoms. The van der Waals surface area contributed by atoms with Crippen molar-refractivity contribution in [1.82, 2.24) is 9.80 Å². The molecule has 0 unspecified atom stereocenters. The first-order valence-corrected chi connectivity index (χ1v) is 6.94. The van der Waals surface area contributed by atoms with E-state index in [0.29, 0.717) is 16.3 Å². The Balaban J connectivity index is 2.24. The summed E-state index contributed by atoms with van der Waals surface area (Å²) >= 11 is 0. The Labute approximate surface area is 127 Å². The lowest BCUT2D eigenvalue weighted by molar-refractivity contribution is -0.139. The summed E-state index contributed by atoms with van der Waals surface area (Å²) in [6.07, 6.45) is 3.37. The van der Waals surface area contributed by atoms with Crippen LogP contribution in [0.1, 0.15) is 5.56 Å². The zero-order valence-corrected chi connectivity index (χ0v) is 12.4. The molecule has 2 aromatic rings. The van der Waals surface area contributed by atoms with Gasteiger partial charge in [0.05, 0.1) is 6.26 Å². The van der Waals surface area contributed by atoms with Gasteiger partial charge in [-0.05, 0) is 17.7 Å². The van der Waals surface area contributed by atoms with E-state index in [1.54, 1.807) is 20.2 Å². The fourth-order valence-corrected chi connectivity index (χ4v) is 2.45. The molecule has 5 nitrogen and oxygen atoms in total. The predicted molar refractivity (Wildman–Crippen MR) is 81.8 cm³/mol. The quantitative estimate of drug-likeness (QED) is 0.752.